The zero-order chi connectivity index (χ0) is 19.2. The maximum Gasteiger partial charge on any atom is 0.244 e. The molecule has 1 unspecified atom stereocenters. The van der Waals surface area contributed by atoms with Gasteiger partial charge in [-0.05, 0) is 62.1 Å². The summed E-state index contributed by atoms with van der Waals surface area (Å²) in [6.45, 7) is 5.82. The monoisotopic (exact) mass is 363 g/mol. The standard InChI is InChI=1S/C22H25N3O2/c1-16-11-13-25(14-12-16)22(26)17(2)24-19-7-9-20(10-8-19)27-21-6-4-3-5-18(21)15-23/h3-10,16-17,24H,11-14H2,1-2H3. The van der Waals surface area contributed by atoms with Crippen LogP contribution in [-0.2, 0) is 4.79 Å². The van der Waals surface area contributed by atoms with Crippen LogP contribution in [0.2, 0.25) is 0 Å². The number of amides is 1. The maximum atomic E-state index is 12.6. The summed E-state index contributed by atoms with van der Waals surface area (Å²) in [6.07, 6.45) is 2.16. The molecule has 1 aliphatic heterocycles. The number of para-hydroxylation sites is 1. The Bertz CT molecular complexity index is 818. The quantitative estimate of drug-likeness (QED) is 0.854. The average molecular weight is 363 g/mol. The molecule has 1 saturated heterocycles. The normalized spacial score (nSPS) is 15.7. The summed E-state index contributed by atoms with van der Waals surface area (Å²) in [4.78, 5) is 14.5. The van der Waals surface area contributed by atoms with Gasteiger partial charge in [0.05, 0.1) is 5.56 Å². The van der Waals surface area contributed by atoms with Crippen molar-refractivity contribution in [1.29, 1.82) is 5.26 Å². The molecular weight excluding hydrogens is 338 g/mol. The summed E-state index contributed by atoms with van der Waals surface area (Å²) in [5, 5.41) is 12.4. The Kier molecular flexibility index (Phi) is 5.97. The van der Waals surface area contributed by atoms with Crippen LogP contribution < -0.4 is 10.1 Å². The van der Waals surface area contributed by atoms with E-state index < -0.39 is 0 Å². The topological polar surface area (TPSA) is 65.4 Å². The van der Waals surface area contributed by atoms with Gasteiger partial charge in [-0.25, -0.2) is 0 Å². The summed E-state index contributed by atoms with van der Waals surface area (Å²) in [6, 6.07) is 16.4. The lowest BCUT2D eigenvalue weighted by Crippen LogP contribution is -2.45. The second-order valence-electron chi connectivity index (χ2n) is 7.11. The molecule has 1 N–H and O–H groups in total. The largest absolute Gasteiger partial charge is 0.456 e. The van der Waals surface area contributed by atoms with E-state index in [4.69, 9.17) is 10.00 Å². The summed E-state index contributed by atoms with van der Waals surface area (Å²) < 4.78 is 5.79. The molecule has 0 bridgehead atoms. The molecule has 3 rings (SSSR count). The number of nitrogens with one attached hydrogen (secondary N) is 1. The van der Waals surface area contributed by atoms with E-state index in [0.717, 1.165) is 31.6 Å². The lowest BCUT2D eigenvalue weighted by molar-refractivity contribution is -0.132. The van der Waals surface area contributed by atoms with Gasteiger partial charge in [0.25, 0.3) is 0 Å². The molecular formula is C22H25N3O2. The molecule has 0 saturated carbocycles. The lowest BCUT2D eigenvalue weighted by atomic mass is 9.99. The van der Waals surface area contributed by atoms with Gasteiger partial charge in [0, 0.05) is 18.8 Å². The highest BCUT2D eigenvalue weighted by Gasteiger charge is 2.24. The molecule has 140 valence electrons. The summed E-state index contributed by atoms with van der Waals surface area (Å²) >= 11 is 0. The number of benzene rings is 2. The van der Waals surface area contributed by atoms with E-state index in [0.29, 0.717) is 23.0 Å². The Morgan fingerprint density at radius 1 is 1.19 bits per heavy atom. The first-order valence-electron chi connectivity index (χ1n) is 9.39. The number of hydrogen-bond donors (Lipinski definition) is 1. The van der Waals surface area contributed by atoms with Crippen LogP contribution in [0.4, 0.5) is 5.69 Å². The Morgan fingerprint density at radius 3 is 2.52 bits per heavy atom. The molecule has 1 amide bonds. The smallest absolute Gasteiger partial charge is 0.244 e. The van der Waals surface area contributed by atoms with Crippen molar-refractivity contribution < 1.29 is 9.53 Å². The molecule has 1 fully saturated rings. The van der Waals surface area contributed by atoms with Gasteiger partial charge >= 0.3 is 0 Å². The third-order valence-corrected chi connectivity index (χ3v) is 4.94. The van der Waals surface area contributed by atoms with Crippen molar-refractivity contribution in [1.82, 2.24) is 4.90 Å². The number of likely N-dealkylation sites (tertiary alicyclic amines) is 1. The summed E-state index contributed by atoms with van der Waals surface area (Å²) in [5.41, 5.74) is 1.36. The van der Waals surface area contributed by atoms with E-state index in [9.17, 15) is 4.79 Å². The number of nitriles is 1. The second-order valence-corrected chi connectivity index (χ2v) is 7.11. The van der Waals surface area contributed by atoms with Gasteiger partial charge in [0.15, 0.2) is 0 Å². The highest BCUT2D eigenvalue weighted by molar-refractivity contribution is 5.84. The van der Waals surface area contributed by atoms with Crippen LogP contribution in [0.5, 0.6) is 11.5 Å². The van der Waals surface area contributed by atoms with Gasteiger partial charge < -0.3 is 15.0 Å². The van der Waals surface area contributed by atoms with Crippen LogP contribution in [0.1, 0.15) is 32.3 Å². The third kappa shape index (κ3) is 4.79. The Balaban J connectivity index is 1.59. The van der Waals surface area contributed by atoms with Crippen LogP contribution in [0.25, 0.3) is 0 Å². The van der Waals surface area contributed by atoms with Crippen LogP contribution in [0.15, 0.2) is 48.5 Å². The van der Waals surface area contributed by atoms with Crippen LogP contribution in [0.3, 0.4) is 0 Å². The second kappa shape index (κ2) is 8.59. The minimum Gasteiger partial charge on any atom is -0.456 e. The Hall–Kier alpha value is -3.00. The number of hydrogen-bond acceptors (Lipinski definition) is 4. The first kappa shape index (κ1) is 18.8. The number of nitrogens with zero attached hydrogens (tertiary/aromatic N) is 2. The minimum absolute atomic E-state index is 0.144. The molecule has 2 aromatic rings. The van der Waals surface area contributed by atoms with Crippen molar-refractivity contribution >= 4 is 11.6 Å². The van der Waals surface area contributed by atoms with Gasteiger partial charge in [-0.1, -0.05) is 19.1 Å². The van der Waals surface area contributed by atoms with Crippen LogP contribution >= 0.6 is 0 Å². The first-order chi connectivity index (χ1) is 13.1. The van der Waals surface area contributed by atoms with E-state index in [1.165, 1.54) is 0 Å². The molecule has 0 radical (unpaired) electrons. The van der Waals surface area contributed by atoms with Crippen molar-refractivity contribution in [3.8, 4) is 17.6 Å². The Morgan fingerprint density at radius 2 is 1.85 bits per heavy atom. The Labute approximate surface area is 160 Å². The van der Waals surface area contributed by atoms with Crippen LogP contribution in [-0.4, -0.2) is 29.9 Å². The molecule has 5 nitrogen and oxygen atoms in total. The number of rotatable bonds is 5. The molecule has 0 spiro atoms. The van der Waals surface area contributed by atoms with E-state index in [1.54, 1.807) is 18.2 Å². The lowest BCUT2D eigenvalue weighted by Gasteiger charge is -2.32. The van der Waals surface area contributed by atoms with Crippen molar-refractivity contribution in [2.45, 2.75) is 32.7 Å². The molecule has 1 atom stereocenters. The molecule has 2 aromatic carbocycles. The van der Waals surface area contributed by atoms with Crippen molar-refractivity contribution in [2.24, 2.45) is 5.92 Å². The third-order valence-electron chi connectivity index (χ3n) is 4.94. The number of piperidine rings is 1. The summed E-state index contributed by atoms with van der Waals surface area (Å²) in [5.74, 6) is 2.03. The van der Waals surface area contributed by atoms with E-state index in [1.807, 2.05) is 42.2 Å². The highest BCUT2D eigenvalue weighted by Crippen LogP contribution is 2.26. The molecule has 1 aliphatic rings. The number of ether oxygens (including phenoxy) is 1. The maximum absolute atomic E-state index is 12.6. The van der Waals surface area contributed by atoms with Gasteiger partial charge in [-0.3, -0.25) is 4.79 Å². The summed E-state index contributed by atoms with van der Waals surface area (Å²) in [7, 11) is 0. The number of carbonyl (C=O) groups is 1. The predicted octanol–water partition coefficient (Wildman–Crippen LogP) is 4.41. The molecule has 1 heterocycles. The highest BCUT2D eigenvalue weighted by atomic mass is 16.5. The van der Waals surface area contributed by atoms with Gasteiger partial charge in [0.2, 0.25) is 5.91 Å². The number of anilines is 1. The predicted molar refractivity (Wildman–Crippen MR) is 106 cm³/mol. The fraction of sp³-hybridized carbons (Fsp3) is 0.364. The van der Waals surface area contributed by atoms with Crippen LogP contribution in [0, 0.1) is 17.2 Å². The molecule has 0 aliphatic carbocycles. The van der Waals surface area contributed by atoms with Crippen molar-refractivity contribution in [3.05, 3.63) is 54.1 Å². The van der Waals surface area contributed by atoms with Gasteiger partial charge in [-0.15, -0.1) is 0 Å². The van der Waals surface area contributed by atoms with E-state index in [-0.39, 0.29) is 11.9 Å². The molecule has 27 heavy (non-hydrogen) atoms. The van der Waals surface area contributed by atoms with E-state index >= 15 is 0 Å². The SMILES string of the molecule is CC1CCN(C(=O)C(C)Nc2ccc(Oc3ccccc3C#N)cc2)CC1. The van der Waals surface area contributed by atoms with E-state index in [2.05, 4.69) is 18.3 Å². The van der Waals surface area contributed by atoms with Gasteiger partial charge in [0.1, 0.15) is 23.6 Å². The van der Waals surface area contributed by atoms with Crippen molar-refractivity contribution in [3.63, 3.8) is 0 Å². The first-order valence-corrected chi connectivity index (χ1v) is 9.39. The fourth-order valence-corrected chi connectivity index (χ4v) is 3.21. The number of carbonyl (C=O) groups excluding carboxylic acids is 1. The fourth-order valence-electron chi connectivity index (χ4n) is 3.21. The van der Waals surface area contributed by atoms with Crippen molar-refractivity contribution in [2.75, 3.05) is 18.4 Å². The zero-order valence-electron chi connectivity index (χ0n) is 15.8. The zero-order valence-corrected chi connectivity index (χ0v) is 15.8. The molecule has 5 heteroatoms. The molecule has 0 aromatic heterocycles. The average Bonchev–Trinajstić information content (AvgIpc) is 2.70. The minimum atomic E-state index is -0.274. The van der Waals surface area contributed by atoms with Gasteiger partial charge in [-0.2, -0.15) is 5.26 Å².